The summed E-state index contributed by atoms with van der Waals surface area (Å²) in [5, 5.41) is 23.3. The first-order valence-electron chi connectivity index (χ1n) is 30.9. The molecule has 0 aliphatic heterocycles. The molecule has 6 heteroatoms. The summed E-state index contributed by atoms with van der Waals surface area (Å²) >= 11 is 0. The molecule has 0 aromatic carbocycles. The van der Waals surface area contributed by atoms with E-state index in [1.807, 2.05) is 0 Å². The van der Waals surface area contributed by atoms with Crippen LogP contribution < -0.4 is 5.32 Å². The van der Waals surface area contributed by atoms with Crippen LogP contribution in [0.1, 0.15) is 322 Å². The number of ether oxygens (including phenoxy) is 1. The van der Waals surface area contributed by atoms with Gasteiger partial charge in [0.25, 0.3) is 0 Å². The van der Waals surface area contributed by atoms with Crippen molar-refractivity contribution in [3.63, 3.8) is 0 Å². The predicted octanol–water partition coefficient (Wildman–Crippen LogP) is 19.4. The van der Waals surface area contributed by atoms with Gasteiger partial charge >= 0.3 is 5.97 Å². The molecule has 0 fully saturated rings. The molecule has 70 heavy (non-hydrogen) atoms. The minimum absolute atomic E-state index is 0.0395. The van der Waals surface area contributed by atoms with E-state index in [9.17, 15) is 19.8 Å². The van der Waals surface area contributed by atoms with E-state index in [0.717, 1.165) is 57.8 Å². The van der Waals surface area contributed by atoms with Crippen molar-refractivity contribution < 1.29 is 24.5 Å². The molecular formula is C64H119NO5. The molecule has 3 N–H and O–H groups in total. The highest BCUT2D eigenvalue weighted by atomic mass is 16.5. The Balaban J connectivity index is 3.45. The van der Waals surface area contributed by atoms with Gasteiger partial charge in [-0.3, -0.25) is 9.59 Å². The average Bonchev–Trinajstić information content (AvgIpc) is 3.36. The maximum atomic E-state index is 12.5. The second-order valence-electron chi connectivity index (χ2n) is 21.0. The maximum Gasteiger partial charge on any atom is 0.305 e. The number of rotatable bonds is 57. The monoisotopic (exact) mass is 982 g/mol. The summed E-state index contributed by atoms with van der Waals surface area (Å²) < 4.78 is 5.42. The number of carbonyl (C=O) groups is 2. The molecule has 0 aromatic rings. The number of allylic oxidation sites excluding steroid dienone is 7. The van der Waals surface area contributed by atoms with E-state index in [-0.39, 0.29) is 18.5 Å². The van der Waals surface area contributed by atoms with Gasteiger partial charge in [0.15, 0.2) is 0 Å². The fraction of sp³-hybridized carbons (Fsp3) is 0.844. The van der Waals surface area contributed by atoms with Crippen LogP contribution in [0.5, 0.6) is 0 Å². The second kappa shape index (κ2) is 59.4. The Bertz CT molecular complexity index is 1180. The zero-order valence-corrected chi connectivity index (χ0v) is 46.7. The molecule has 6 nitrogen and oxygen atoms in total. The lowest BCUT2D eigenvalue weighted by atomic mass is 10.0. The van der Waals surface area contributed by atoms with Crippen molar-refractivity contribution in [3.8, 4) is 0 Å². The van der Waals surface area contributed by atoms with E-state index in [2.05, 4.69) is 67.8 Å². The molecule has 2 unspecified atom stereocenters. The van der Waals surface area contributed by atoms with Crippen molar-refractivity contribution in [1.29, 1.82) is 0 Å². The highest BCUT2D eigenvalue weighted by molar-refractivity contribution is 5.76. The minimum Gasteiger partial charge on any atom is -0.465 e. The number of nitrogens with one attached hydrogen (secondary N) is 1. The van der Waals surface area contributed by atoms with Crippen molar-refractivity contribution >= 4 is 11.9 Å². The Labute approximate surface area is 436 Å². The summed E-state index contributed by atoms with van der Waals surface area (Å²) in [4.78, 5) is 24.5. The van der Waals surface area contributed by atoms with Crippen LogP contribution in [0.3, 0.4) is 0 Å². The molecule has 0 aliphatic carbocycles. The fourth-order valence-electron chi connectivity index (χ4n) is 9.39. The molecule has 0 aliphatic rings. The fourth-order valence-corrected chi connectivity index (χ4v) is 9.39. The van der Waals surface area contributed by atoms with Gasteiger partial charge in [0.1, 0.15) is 0 Å². The van der Waals surface area contributed by atoms with Gasteiger partial charge in [0.2, 0.25) is 5.91 Å². The Morgan fingerprint density at radius 3 is 1.10 bits per heavy atom. The van der Waals surface area contributed by atoms with E-state index in [4.69, 9.17) is 4.74 Å². The first-order valence-corrected chi connectivity index (χ1v) is 30.9. The molecular weight excluding hydrogens is 863 g/mol. The van der Waals surface area contributed by atoms with Crippen LogP contribution in [-0.2, 0) is 14.3 Å². The van der Waals surface area contributed by atoms with Crippen LogP contribution in [-0.4, -0.2) is 47.4 Å². The van der Waals surface area contributed by atoms with Crippen molar-refractivity contribution in [2.75, 3.05) is 13.2 Å². The summed E-state index contributed by atoms with van der Waals surface area (Å²) in [5.41, 5.74) is 0. The summed E-state index contributed by atoms with van der Waals surface area (Å²) in [7, 11) is 0. The third kappa shape index (κ3) is 55.1. The van der Waals surface area contributed by atoms with Gasteiger partial charge in [-0.1, -0.05) is 281 Å². The van der Waals surface area contributed by atoms with Gasteiger partial charge < -0.3 is 20.3 Å². The number of esters is 1. The molecule has 0 radical (unpaired) electrons. The molecule has 0 saturated carbocycles. The largest absolute Gasteiger partial charge is 0.465 e. The summed E-state index contributed by atoms with van der Waals surface area (Å²) in [5.74, 6) is -0.0821. The zero-order chi connectivity index (χ0) is 50.7. The topological polar surface area (TPSA) is 95.9 Å². The average molecular weight is 983 g/mol. The highest BCUT2D eigenvalue weighted by Gasteiger charge is 2.20. The first kappa shape index (κ1) is 67.8. The Kier molecular flexibility index (Phi) is 57.5. The van der Waals surface area contributed by atoms with Crippen LogP contribution in [0.25, 0.3) is 0 Å². The van der Waals surface area contributed by atoms with Crippen LogP contribution in [0, 0.1) is 0 Å². The van der Waals surface area contributed by atoms with E-state index < -0.39 is 12.1 Å². The lowest BCUT2D eigenvalue weighted by Gasteiger charge is -2.22. The first-order chi connectivity index (χ1) is 34.5. The Morgan fingerprint density at radius 1 is 0.400 bits per heavy atom. The van der Waals surface area contributed by atoms with Gasteiger partial charge in [0, 0.05) is 12.8 Å². The van der Waals surface area contributed by atoms with E-state index in [0.29, 0.717) is 25.9 Å². The van der Waals surface area contributed by atoms with Crippen LogP contribution in [0.4, 0.5) is 0 Å². The smallest absolute Gasteiger partial charge is 0.305 e. The molecule has 0 bridgehead atoms. The molecule has 0 rings (SSSR count). The number of carbonyl (C=O) groups excluding carboxylic acids is 2. The van der Waals surface area contributed by atoms with E-state index in [1.54, 1.807) is 0 Å². The van der Waals surface area contributed by atoms with Gasteiger partial charge in [-0.05, 0) is 77.0 Å². The minimum atomic E-state index is -0.668. The number of hydrogen-bond donors (Lipinski definition) is 3. The lowest BCUT2D eigenvalue weighted by Crippen LogP contribution is -2.45. The summed E-state index contributed by atoms with van der Waals surface area (Å²) in [6, 6.07) is -0.546. The standard InChI is InChI=1S/C64H119NO5/c1-3-5-7-9-11-13-15-17-19-20-27-30-34-38-42-46-50-54-58-64(69)70-59-55-51-47-43-39-35-31-28-25-23-21-22-24-26-29-33-37-41-45-49-53-57-63(68)65-61(60-66)62(67)56-52-48-44-40-36-32-18-16-14-12-10-8-6-4-2/h13,15,19-20,35,39,47,51,61-62,66-67H,3-12,14,16-18,21-34,36-38,40-46,48-50,52-60H2,1-2H3,(H,65,68)/b15-13-,20-19-,39-35-,51-47-. The Morgan fingerprint density at radius 2 is 0.714 bits per heavy atom. The molecule has 410 valence electrons. The van der Waals surface area contributed by atoms with Crippen LogP contribution in [0.15, 0.2) is 48.6 Å². The normalized spacial score (nSPS) is 12.9. The maximum absolute atomic E-state index is 12.5. The van der Waals surface area contributed by atoms with Crippen molar-refractivity contribution in [1.82, 2.24) is 5.32 Å². The molecule has 0 saturated heterocycles. The lowest BCUT2D eigenvalue weighted by molar-refractivity contribution is -0.143. The van der Waals surface area contributed by atoms with E-state index in [1.165, 1.54) is 231 Å². The highest BCUT2D eigenvalue weighted by Crippen LogP contribution is 2.17. The number of unbranched alkanes of at least 4 members (excludes halogenated alkanes) is 38. The van der Waals surface area contributed by atoms with E-state index >= 15 is 0 Å². The summed E-state index contributed by atoms with van der Waals surface area (Å²) in [6.45, 7) is 4.83. The number of aliphatic hydroxyl groups is 2. The van der Waals surface area contributed by atoms with Gasteiger partial charge in [-0.2, -0.15) is 0 Å². The number of hydrogen-bond acceptors (Lipinski definition) is 5. The summed E-state index contributed by atoms with van der Waals surface area (Å²) in [6.07, 6.45) is 75.6. The second-order valence-corrected chi connectivity index (χ2v) is 21.0. The van der Waals surface area contributed by atoms with Crippen molar-refractivity contribution in [2.24, 2.45) is 0 Å². The molecule has 0 aromatic heterocycles. The molecule has 0 spiro atoms. The van der Waals surface area contributed by atoms with Gasteiger partial charge in [-0.15, -0.1) is 0 Å². The quantitative estimate of drug-likeness (QED) is 0.0321. The van der Waals surface area contributed by atoms with Crippen LogP contribution in [0.2, 0.25) is 0 Å². The van der Waals surface area contributed by atoms with Crippen molar-refractivity contribution in [2.45, 2.75) is 334 Å². The number of amides is 1. The Hall–Kier alpha value is -2.18. The molecule has 2 atom stereocenters. The van der Waals surface area contributed by atoms with Crippen LogP contribution >= 0.6 is 0 Å². The number of aliphatic hydroxyl groups excluding tert-OH is 2. The molecule has 1 amide bonds. The third-order valence-corrected chi connectivity index (χ3v) is 14.1. The van der Waals surface area contributed by atoms with Crippen molar-refractivity contribution in [3.05, 3.63) is 48.6 Å². The third-order valence-electron chi connectivity index (χ3n) is 14.1. The molecule has 0 heterocycles. The zero-order valence-electron chi connectivity index (χ0n) is 46.7. The van der Waals surface area contributed by atoms with Gasteiger partial charge in [0.05, 0.1) is 25.4 Å². The van der Waals surface area contributed by atoms with Gasteiger partial charge in [-0.25, -0.2) is 0 Å². The predicted molar refractivity (Wildman–Crippen MR) is 306 cm³/mol. The SMILES string of the molecule is CCCCCC/C=C\C/C=C\CCCCCCCCCC(=O)OCC/C=C\C/C=C\CCCCCCCCCCCCCCCCC(=O)NC(CO)C(O)CCCCCCCCCCCCCCCC.